The first kappa shape index (κ1) is 26.7. The molecule has 8 heteroatoms. The zero-order valence-corrected chi connectivity index (χ0v) is 22.3. The van der Waals surface area contributed by atoms with Gasteiger partial charge in [0.15, 0.2) is 12.2 Å². The van der Waals surface area contributed by atoms with Crippen LogP contribution in [-0.4, -0.2) is 50.7 Å². The molecule has 0 saturated carbocycles. The van der Waals surface area contributed by atoms with E-state index >= 15 is 0 Å². The Hall–Kier alpha value is -3.85. The maximum absolute atomic E-state index is 13.0. The van der Waals surface area contributed by atoms with Gasteiger partial charge in [0.2, 0.25) is 0 Å². The minimum atomic E-state index is -1.87. The number of aromatic nitrogens is 1. The van der Waals surface area contributed by atoms with Crippen LogP contribution in [0.4, 0.5) is 0 Å². The summed E-state index contributed by atoms with van der Waals surface area (Å²) >= 11 is 1.41. The van der Waals surface area contributed by atoms with Gasteiger partial charge in [0.05, 0.1) is 18.3 Å². The lowest BCUT2D eigenvalue weighted by Gasteiger charge is -2.28. The second kappa shape index (κ2) is 12.3. The first-order chi connectivity index (χ1) is 19.0. The van der Waals surface area contributed by atoms with Crippen LogP contribution in [0.15, 0.2) is 90.3 Å². The number of nitrogens with zero attached hydrogens (tertiary/aromatic N) is 2. The molecule has 2 heterocycles. The molecule has 0 aliphatic carbocycles. The zero-order chi connectivity index (χ0) is 27.2. The summed E-state index contributed by atoms with van der Waals surface area (Å²) in [5, 5.41) is 26.3. The average Bonchev–Trinajstić information content (AvgIpc) is 3.66. The number of nitrogens with one attached hydrogen (secondary N) is 1. The van der Waals surface area contributed by atoms with E-state index in [9.17, 15) is 19.8 Å². The number of thiazole rings is 1. The Labute approximate surface area is 231 Å². The smallest absolute Gasteiger partial charge is 0.255 e. The Bertz CT molecular complexity index is 1410. The standard InChI is InChI=1S/C31H31N3O4S/c35-28(29(36)31(38)34-17-9-16-26(34)22-12-5-2-6-13-22)30(37)32-19-27-33-24(20-39-27)18-23-14-7-8-15-25(23)21-10-3-1-4-11-21/h1-8,10-15,20,26,28-29,35-36H,9,16-19H2,(H,32,37)/t26?,28-,29-/m1/s1. The molecule has 3 N–H and O–H groups in total. The highest BCUT2D eigenvalue weighted by atomic mass is 32.1. The van der Waals surface area contributed by atoms with Crippen molar-refractivity contribution in [2.24, 2.45) is 0 Å². The fourth-order valence-electron chi connectivity index (χ4n) is 5.05. The molecule has 1 unspecified atom stereocenters. The lowest BCUT2D eigenvalue weighted by atomic mass is 9.97. The van der Waals surface area contributed by atoms with Gasteiger partial charge >= 0.3 is 0 Å². The lowest BCUT2D eigenvalue weighted by Crippen LogP contribution is -2.50. The number of amides is 2. The number of hydrogen-bond donors (Lipinski definition) is 3. The maximum Gasteiger partial charge on any atom is 0.255 e. The number of benzene rings is 3. The summed E-state index contributed by atoms with van der Waals surface area (Å²) in [6.07, 6.45) is -1.50. The second-order valence-corrected chi connectivity index (χ2v) is 10.6. The van der Waals surface area contributed by atoms with Gasteiger partial charge in [0.1, 0.15) is 5.01 Å². The molecule has 1 aliphatic rings. The monoisotopic (exact) mass is 541 g/mol. The molecule has 1 aliphatic heterocycles. The van der Waals surface area contributed by atoms with Crippen molar-refractivity contribution in [1.29, 1.82) is 0 Å². The SMILES string of the molecule is O=C(NCc1nc(Cc2ccccc2-c2ccccc2)cs1)[C@H](O)[C@@H](O)C(=O)N1CCCC1c1ccccc1. The van der Waals surface area contributed by atoms with Gasteiger partial charge in [-0.05, 0) is 35.1 Å². The number of aliphatic hydroxyl groups is 2. The quantitative estimate of drug-likeness (QED) is 0.296. The van der Waals surface area contributed by atoms with Gasteiger partial charge in [-0.25, -0.2) is 4.98 Å². The molecule has 4 aromatic rings. The van der Waals surface area contributed by atoms with Gasteiger partial charge < -0.3 is 20.4 Å². The van der Waals surface area contributed by atoms with E-state index in [2.05, 4.69) is 34.6 Å². The number of carbonyl (C=O) groups is 2. The molecule has 7 nitrogen and oxygen atoms in total. The van der Waals surface area contributed by atoms with E-state index in [1.165, 1.54) is 11.3 Å². The van der Waals surface area contributed by atoms with Crippen LogP contribution < -0.4 is 5.32 Å². The third-order valence-corrected chi connectivity index (χ3v) is 7.93. The maximum atomic E-state index is 13.0. The Morgan fingerprint density at radius 3 is 2.41 bits per heavy atom. The summed E-state index contributed by atoms with van der Waals surface area (Å²) in [7, 11) is 0. The van der Waals surface area contributed by atoms with Crippen LogP contribution in [-0.2, 0) is 22.6 Å². The van der Waals surface area contributed by atoms with Crippen LogP contribution in [0.2, 0.25) is 0 Å². The Balaban J connectivity index is 1.17. The van der Waals surface area contributed by atoms with E-state index in [-0.39, 0.29) is 12.6 Å². The fourth-order valence-corrected chi connectivity index (χ4v) is 5.78. The fraction of sp³-hybridized carbons (Fsp3) is 0.258. The van der Waals surface area contributed by atoms with Crippen LogP contribution in [0.3, 0.4) is 0 Å². The van der Waals surface area contributed by atoms with Crippen molar-refractivity contribution in [3.8, 4) is 11.1 Å². The predicted molar refractivity (Wildman–Crippen MR) is 151 cm³/mol. The average molecular weight is 542 g/mol. The third-order valence-electron chi connectivity index (χ3n) is 7.03. The van der Waals surface area contributed by atoms with Crippen molar-refractivity contribution < 1.29 is 19.8 Å². The molecule has 5 rings (SSSR count). The lowest BCUT2D eigenvalue weighted by molar-refractivity contribution is -0.153. The third kappa shape index (κ3) is 6.25. The molecule has 0 radical (unpaired) electrons. The molecular formula is C31H31N3O4S. The normalized spacial score (nSPS) is 16.6. The molecule has 1 saturated heterocycles. The van der Waals surface area contributed by atoms with Crippen molar-refractivity contribution in [2.45, 2.75) is 44.1 Å². The van der Waals surface area contributed by atoms with Gasteiger partial charge in [-0.15, -0.1) is 11.3 Å². The van der Waals surface area contributed by atoms with Crippen LogP contribution in [0.25, 0.3) is 11.1 Å². The largest absolute Gasteiger partial charge is 0.380 e. The van der Waals surface area contributed by atoms with Gasteiger partial charge in [0.25, 0.3) is 11.8 Å². The summed E-state index contributed by atoms with van der Waals surface area (Å²) in [6.45, 7) is 0.567. The highest BCUT2D eigenvalue weighted by Crippen LogP contribution is 2.32. The molecule has 1 fully saturated rings. The number of carbonyl (C=O) groups excluding carboxylic acids is 2. The molecule has 0 spiro atoms. The molecular weight excluding hydrogens is 510 g/mol. The van der Waals surface area contributed by atoms with Crippen molar-refractivity contribution in [2.75, 3.05) is 6.54 Å². The second-order valence-electron chi connectivity index (χ2n) is 9.64. The van der Waals surface area contributed by atoms with Crippen molar-refractivity contribution in [1.82, 2.24) is 15.2 Å². The Kier molecular flexibility index (Phi) is 8.46. The number of hydrogen-bond acceptors (Lipinski definition) is 6. The van der Waals surface area contributed by atoms with E-state index in [4.69, 9.17) is 0 Å². The summed E-state index contributed by atoms with van der Waals surface area (Å²) in [5.74, 6) is -1.45. The van der Waals surface area contributed by atoms with E-state index in [1.807, 2.05) is 66.0 Å². The molecule has 0 bridgehead atoms. The van der Waals surface area contributed by atoms with E-state index < -0.39 is 24.0 Å². The van der Waals surface area contributed by atoms with E-state index in [0.29, 0.717) is 18.0 Å². The highest BCUT2D eigenvalue weighted by molar-refractivity contribution is 7.09. The van der Waals surface area contributed by atoms with Crippen LogP contribution in [0.5, 0.6) is 0 Å². The molecule has 1 aromatic heterocycles. The minimum absolute atomic E-state index is 0.0954. The molecule has 3 aromatic carbocycles. The first-order valence-electron chi connectivity index (χ1n) is 13.1. The van der Waals surface area contributed by atoms with E-state index in [0.717, 1.165) is 40.8 Å². The van der Waals surface area contributed by atoms with E-state index in [1.54, 1.807) is 4.90 Å². The van der Waals surface area contributed by atoms with Crippen LogP contribution in [0.1, 0.15) is 40.7 Å². The predicted octanol–water partition coefficient (Wildman–Crippen LogP) is 4.10. The number of likely N-dealkylation sites (tertiary alicyclic amines) is 1. The van der Waals surface area contributed by atoms with Gasteiger partial charge in [-0.3, -0.25) is 9.59 Å². The van der Waals surface area contributed by atoms with Crippen molar-refractivity contribution >= 4 is 23.2 Å². The molecule has 39 heavy (non-hydrogen) atoms. The number of rotatable bonds is 9. The van der Waals surface area contributed by atoms with Crippen LogP contribution >= 0.6 is 11.3 Å². The summed E-state index contributed by atoms with van der Waals surface area (Å²) in [4.78, 5) is 31.8. The topological polar surface area (TPSA) is 103 Å². The molecule has 3 atom stereocenters. The highest BCUT2D eigenvalue weighted by Gasteiger charge is 2.38. The molecule has 2 amide bonds. The first-order valence-corrected chi connectivity index (χ1v) is 13.9. The van der Waals surface area contributed by atoms with Crippen molar-refractivity contribution in [3.63, 3.8) is 0 Å². The summed E-state index contributed by atoms with van der Waals surface area (Å²) in [6, 6.07) is 27.8. The van der Waals surface area contributed by atoms with Gasteiger partial charge in [0, 0.05) is 18.3 Å². The summed E-state index contributed by atoms with van der Waals surface area (Å²) in [5.41, 5.74) is 5.29. The van der Waals surface area contributed by atoms with Crippen molar-refractivity contribution in [3.05, 3.63) is 112 Å². The zero-order valence-electron chi connectivity index (χ0n) is 21.4. The minimum Gasteiger partial charge on any atom is -0.380 e. The van der Waals surface area contributed by atoms with Crippen LogP contribution in [0, 0.1) is 0 Å². The Morgan fingerprint density at radius 2 is 1.64 bits per heavy atom. The Morgan fingerprint density at radius 1 is 0.949 bits per heavy atom. The number of aliphatic hydroxyl groups excluding tert-OH is 2. The molecule has 200 valence electrons. The van der Waals surface area contributed by atoms with Gasteiger partial charge in [-0.2, -0.15) is 0 Å². The van der Waals surface area contributed by atoms with Gasteiger partial charge in [-0.1, -0.05) is 84.9 Å². The summed E-state index contributed by atoms with van der Waals surface area (Å²) < 4.78 is 0.